The predicted molar refractivity (Wildman–Crippen MR) is 109 cm³/mol. The molecule has 2 atom stereocenters. The van der Waals surface area contributed by atoms with Crippen molar-refractivity contribution in [2.45, 2.75) is 83.7 Å². The van der Waals surface area contributed by atoms with E-state index in [2.05, 4.69) is 0 Å². The molecule has 0 aliphatic heterocycles. The number of hydrogen-bond donors (Lipinski definition) is 0. The zero-order chi connectivity index (χ0) is 21.8. The van der Waals surface area contributed by atoms with Crippen molar-refractivity contribution in [3.8, 4) is 11.5 Å². The first kappa shape index (κ1) is 23.2. The number of halogens is 4. The maximum atomic E-state index is 14.7. The lowest BCUT2D eigenvalue weighted by Gasteiger charge is -2.43. The van der Waals surface area contributed by atoms with Crippen molar-refractivity contribution in [3.63, 3.8) is 0 Å². The lowest BCUT2D eigenvalue weighted by Crippen LogP contribution is -2.43. The van der Waals surface area contributed by atoms with E-state index < -0.39 is 23.9 Å². The molecular weight excluding hydrogens is 396 g/mol. The zero-order valence-electron chi connectivity index (χ0n) is 18.0. The van der Waals surface area contributed by atoms with Crippen LogP contribution in [-0.2, 0) is 0 Å². The van der Waals surface area contributed by atoms with Gasteiger partial charge in [0.05, 0.1) is 12.5 Å². The molecule has 0 saturated heterocycles. The van der Waals surface area contributed by atoms with Crippen LogP contribution in [0.25, 0.3) is 0 Å². The van der Waals surface area contributed by atoms with Crippen LogP contribution in [0.2, 0.25) is 0 Å². The van der Waals surface area contributed by atoms with Crippen LogP contribution in [0.1, 0.15) is 71.6 Å². The van der Waals surface area contributed by atoms with Crippen LogP contribution in [0.5, 0.6) is 11.5 Å². The molecule has 2 saturated carbocycles. The van der Waals surface area contributed by atoms with Gasteiger partial charge in [0.1, 0.15) is 11.5 Å². The van der Waals surface area contributed by atoms with Gasteiger partial charge in [-0.15, -0.1) is 0 Å². The van der Waals surface area contributed by atoms with Gasteiger partial charge >= 0.3 is 6.11 Å². The Bertz CT molecular complexity index is 654. The summed E-state index contributed by atoms with van der Waals surface area (Å²) in [5.74, 6) is -3.64. The van der Waals surface area contributed by atoms with E-state index in [0.29, 0.717) is 31.6 Å². The van der Waals surface area contributed by atoms with Crippen LogP contribution in [0.15, 0.2) is 24.3 Å². The fourth-order valence-electron chi connectivity index (χ4n) is 5.37. The van der Waals surface area contributed by atoms with Gasteiger partial charge in [-0.3, -0.25) is 0 Å². The van der Waals surface area contributed by atoms with Gasteiger partial charge < -0.3 is 9.47 Å². The summed E-state index contributed by atoms with van der Waals surface area (Å²) in [6, 6.07) is 6.14. The summed E-state index contributed by atoms with van der Waals surface area (Å²) in [4.78, 5) is 0. The van der Waals surface area contributed by atoms with Crippen molar-refractivity contribution in [3.05, 3.63) is 24.3 Å². The highest BCUT2D eigenvalue weighted by Crippen LogP contribution is 2.51. The molecule has 3 rings (SSSR count). The van der Waals surface area contributed by atoms with Crippen molar-refractivity contribution >= 4 is 0 Å². The highest BCUT2D eigenvalue weighted by molar-refractivity contribution is 5.31. The maximum absolute atomic E-state index is 14.7. The van der Waals surface area contributed by atoms with E-state index in [0.717, 1.165) is 19.3 Å². The van der Waals surface area contributed by atoms with E-state index in [1.807, 2.05) is 13.8 Å². The predicted octanol–water partition coefficient (Wildman–Crippen LogP) is 7.72. The van der Waals surface area contributed by atoms with Gasteiger partial charge in [0.2, 0.25) is 0 Å². The average Bonchev–Trinajstić information content (AvgIpc) is 2.69. The third kappa shape index (κ3) is 5.61. The van der Waals surface area contributed by atoms with Crippen molar-refractivity contribution in [1.82, 2.24) is 0 Å². The first-order valence-corrected chi connectivity index (χ1v) is 11.4. The Balaban J connectivity index is 1.54. The van der Waals surface area contributed by atoms with Crippen LogP contribution in [0.4, 0.5) is 17.6 Å². The summed E-state index contributed by atoms with van der Waals surface area (Å²) in [7, 11) is 0. The molecule has 0 aromatic heterocycles. The summed E-state index contributed by atoms with van der Waals surface area (Å²) in [6.07, 6.45) is 1.08. The molecule has 30 heavy (non-hydrogen) atoms. The van der Waals surface area contributed by atoms with Crippen molar-refractivity contribution in [1.29, 1.82) is 0 Å². The molecule has 0 amide bonds. The normalized spacial score (nSPS) is 29.4. The summed E-state index contributed by atoms with van der Waals surface area (Å²) < 4.78 is 69.2. The fraction of sp³-hybridized carbons (Fsp3) is 0.750. The van der Waals surface area contributed by atoms with Crippen LogP contribution >= 0.6 is 0 Å². The topological polar surface area (TPSA) is 18.5 Å². The van der Waals surface area contributed by atoms with Crippen LogP contribution in [0, 0.1) is 23.7 Å². The summed E-state index contributed by atoms with van der Waals surface area (Å²) >= 11 is 0. The number of ether oxygens (including phenoxy) is 2. The SMILES string of the molecule is CCCC1CCC(C2CCC(C(F)(F)Oc3ccc(OCC)cc3)CC2)C(F)(F)C1. The maximum Gasteiger partial charge on any atom is 0.400 e. The van der Waals surface area contributed by atoms with E-state index in [4.69, 9.17) is 9.47 Å². The minimum Gasteiger partial charge on any atom is -0.494 e. The van der Waals surface area contributed by atoms with Gasteiger partial charge in [0.15, 0.2) is 0 Å². The molecule has 0 bridgehead atoms. The molecule has 2 fully saturated rings. The number of rotatable bonds is 8. The highest BCUT2D eigenvalue weighted by atomic mass is 19.3. The summed E-state index contributed by atoms with van der Waals surface area (Å²) in [5.41, 5.74) is 0. The monoisotopic (exact) mass is 430 g/mol. The smallest absolute Gasteiger partial charge is 0.400 e. The molecular formula is C24H34F4O2. The fourth-order valence-corrected chi connectivity index (χ4v) is 5.37. The largest absolute Gasteiger partial charge is 0.494 e. The minimum atomic E-state index is -3.31. The van der Waals surface area contributed by atoms with Gasteiger partial charge in [0.25, 0.3) is 5.92 Å². The molecule has 6 heteroatoms. The van der Waals surface area contributed by atoms with E-state index in [9.17, 15) is 17.6 Å². The van der Waals surface area contributed by atoms with Crippen LogP contribution < -0.4 is 9.47 Å². The van der Waals surface area contributed by atoms with E-state index >= 15 is 0 Å². The average molecular weight is 431 g/mol. The summed E-state index contributed by atoms with van der Waals surface area (Å²) in [6.45, 7) is 4.38. The Labute approximate surface area is 177 Å². The Morgan fingerprint density at radius 1 is 0.933 bits per heavy atom. The van der Waals surface area contributed by atoms with E-state index in [1.165, 1.54) is 12.1 Å². The highest BCUT2D eigenvalue weighted by Gasteiger charge is 2.51. The first-order chi connectivity index (χ1) is 14.2. The molecule has 0 radical (unpaired) electrons. The van der Waals surface area contributed by atoms with Crippen LogP contribution in [-0.4, -0.2) is 18.6 Å². The molecule has 0 spiro atoms. The quantitative estimate of drug-likeness (QED) is 0.393. The van der Waals surface area contributed by atoms with Crippen molar-refractivity contribution in [2.75, 3.05) is 6.61 Å². The Morgan fingerprint density at radius 3 is 2.13 bits per heavy atom. The molecule has 170 valence electrons. The lowest BCUT2D eigenvalue weighted by molar-refractivity contribution is -0.226. The van der Waals surface area contributed by atoms with Gasteiger partial charge in [-0.05, 0) is 81.5 Å². The molecule has 2 nitrogen and oxygen atoms in total. The van der Waals surface area contributed by atoms with Gasteiger partial charge in [-0.25, -0.2) is 8.78 Å². The summed E-state index contributed by atoms with van der Waals surface area (Å²) in [5, 5.41) is 0. The van der Waals surface area contributed by atoms with Crippen LogP contribution in [0.3, 0.4) is 0 Å². The van der Waals surface area contributed by atoms with Gasteiger partial charge in [-0.1, -0.05) is 19.8 Å². The Hall–Kier alpha value is -1.46. The third-order valence-electron chi connectivity index (χ3n) is 6.89. The Kier molecular flexibility index (Phi) is 7.56. The van der Waals surface area contributed by atoms with E-state index in [1.54, 1.807) is 12.1 Å². The second-order valence-electron chi connectivity index (χ2n) is 8.98. The third-order valence-corrected chi connectivity index (χ3v) is 6.89. The van der Waals surface area contributed by atoms with Crippen molar-refractivity contribution < 1.29 is 27.0 Å². The van der Waals surface area contributed by atoms with Gasteiger partial charge in [-0.2, -0.15) is 8.78 Å². The van der Waals surface area contributed by atoms with Gasteiger partial charge in [0, 0.05) is 12.3 Å². The molecule has 1 aromatic rings. The molecule has 2 aliphatic rings. The number of hydrogen-bond acceptors (Lipinski definition) is 2. The zero-order valence-corrected chi connectivity index (χ0v) is 18.0. The standard InChI is InChI=1S/C24H34F4O2/c1-3-5-17-6-15-22(23(25,26)16-17)18-7-9-19(10-8-18)24(27,28)30-21-13-11-20(12-14-21)29-4-2/h11-14,17-19,22H,3-10,15-16H2,1-2H3. The minimum absolute atomic E-state index is 0.0392. The molecule has 2 unspecified atom stereocenters. The first-order valence-electron chi connectivity index (χ1n) is 11.4. The number of alkyl halides is 4. The van der Waals surface area contributed by atoms with Crippen molar-refractivity contribution in [2.24, 2.45) is 23.7 Å². The Morgan fingerprint density at radius 2 is 1.57 bits per heavy atom. The number of benzene rings is 1. The van der Waals surface area contributed by atoms with E-state index in [-0.39, 0.29) is 36.8 Å². The molecule has 0 heterocycles. The second kappa shape index (κ2) is 9.78. The molecule has 2 aliphatic carbocycles. The second-order valence-corrected chi connectivity index (χ2v) is 8.98. The molecule has 1 aromatic carbocycles. The lowest BCUT2D eigenvalue weighted by atomic mass is 9.66. The molecule has 0 N–H and O–H groups in total.